The van der Waals surface area contributed by atoms with Crippen LogP contribution in [0.2, 0.25) is 0 Å². The summed E-state index contributed by atoms with van der Waals surface area (Å²) in [6.45, 7) is 4.24. The van der Waals surface area contributed by atoms with Gasteiger partial charge in [-0.3, -0.25) is 9.59 Å². The third-order valence-electron chi connectivity index (χ3n) is 7.22. The predicted molar refractivity (Wildman–Crippen MR) is 146 cm³/mol. The summed E-state index contributed by atoms with van der Waals surface area (Å²) in [6.07, 6.45) is 0.670. The normalized spacial score (nSPS) is 13.6. The van der Waals surface area contributed by atoms with E-state index in [0.29, 0.717) is 42.6 Å². The molecule has 7 nitrogen and oxygen atoms in total. The molecule has 0 spiro atoms. The van der Waals surface area contributed by atoms with Crippen molar-refractivity contribution in [3.8, 4) is 0 Å². The Morgan fingerprint density at radius 1 is 0.763 bits per heavy atom. The summed E-state index contributed by atoms with van der Waals surface area (Å²) in [5, 5.41) is 45.1. The molecule has 0 aromatic heterocycles. The zero-order chi connectivity index (χ0) is 27.8. The highest BCUT2D eigenvalue weighted by Crippen LogP contribution is 2.38. The Morgan fingerprint density at radius 3 is 1.76 bits per heavy atom. The molecule has 0 aliphatic carbocycles. The standard InChI is InChI=1S/C31H37NO6/c1-30(2,29(36)37)23-17-15-22(16-18-23)27(33)14-9-20-32-21-19-26(28(34)35)31(38,24-10-5-3-6-11-24)25-12-7-4-8-13-25/h3-8,10-13,15-18,26-27,32-33,38H,9,14,19-21H2,1-2H3,(H,34,35)(H,36,37). The number of carboxylic acids is 2. The first-order valence-electron chi connectivity index (χ1n) is 12.9. The molecule has 0 aliphatic heterocycles. The lowest BCUT2D eigenvalue weighted by Gasteiger charge is -2.35. The minimum Gasteiger partial charge on any atom is -0.481 e. The van der Waals surface area contributed by atoms with Crippen molar-refractivity contribution in [1.29, 1.82) is 0 Å². The van der Waals surface area contributed by atoms with Crippen LogP contribution in [-0.4, -0.2) is 45.5 Å². The maximum atomic E-state index is 12.3. The quantitative estimate of drug-likeness (QED) is 0.199. The first kappa shape index (κ1) is 29.0. The molecule has 3 aromatic carbocycles. The number of carbonyl (C=O) groups is 2. The lowest BCUT2D eigenvalue weighted by atomic mass is 9.74. The summed E-state index contributed by atoms with van der Waals surface area (Å²) < 4.78 is 0. The summed E-state index contributed by atoms with van der Waals surface area (Å²) in [7, 11) is 0. The monoisotopic (exact) mass is 519 g/mol. The van der Waals surface area contributed by atoms with Crippen molar-refractivity contribution >= 4 is 11.9 Å². The van der Waals surface area contributed by atoms with Crippen LogP contribution < -0.4 is 5.32 Å². The molecule has 0 radical (unpaired) electrons. The number of carboxylic acid groups (broad SMARTS) is 2. The highest BCUT2D eigenvalue weighted by Gasteiger charge is 2.44. The van der Waals surface area contributed by atoms with Crippen molar-refractivity contribution in [3.63, 3.8) is 0 Å². The van der Waals surface area contributed by atoms with Gasteiger partial charge < -0.3 is 25.7 Å². The Labute approximate surface area is 223 Å². The lowest BCUT2D eigenvalue weighted by molar-refractivity contribution is -0.150. The molecule has 0 aliphatic rings. The molecule has 0 saturated carbocycles. The highest BCUT2D eigenvalue weighted by atomic mass is 16.4. The van der Waals surface area contributed by atoms with Crippen LogP contribution in [0.1, 0.15) is 61.5 Å². The SMILES string of the molecule is CC(C)(C(=O)O)c1ccc(C(O)CCCNCCC(C(=O)O)C(O)(c2ccccc2)c2ccccc2)cc1. The van der Waals surface area contributed by atoms with Crippen molar-refractivity contribution < 1.29 is 30.0 Å². The number of hydrogen-bond acceptors (Lipinski definition) is 5. The van der Waals surface area contributed by atoms with Crippen LogP contribution in [0.3, 0.4) is 0 Å². The van der Waals surface area contributed by atoms with E-state index in [-0.39, 0.29) is 6.42 Å². The zero-order valence-electron chi connectivity index (χ0n) is 21.9. The molecule has 3 aromatic rings. The summed E-state index contributed by atoms with van der Waals surface area (Å²) in [6, 6.07) is 24.7. The van der Waals surface area contributed by atoms with Gasteiger partial charge in [0.25, 0.3) is 0 Å². The van der Waals surface area contributed by atoms with Crippen LogP contribution >= 0.6 is 0 Å². The number of aliphatic carboxylic acids is 2. The van der Waals surface area contributed by atoms with E-state index in [2.05, 4.69) is 5.32 Å². The van der Waals surface area contributed by atoms with Gasteiger partial charge in [0.2, 0.25) is 0 Å². The molecule has 3 rings (SSSR count). The van der Waals surface area contributed by atoms with Gasteiger partial charge in [-0.25, -0.2) is 0 Å². The highest BCUT2D eigenvalue weighted by molar-refractivity contribution is 5.80. The minimum atomic E-state index is -1.69. The number of aliphatic hydroxyl groups is 2. The topological polar surface area (TPSA) is 127 Å². The average Bonchev–Trinajstić information content (AvgIpc) is 2.92. The van der Waals surface area contributed by atoms with E-state index in [1.807, 2.05) is 12.1 Å². The van der Waals surface area contributed by atoms with E-state index >= 15 is 0 Å². The third kappa shape index (κ3) is 6.67. The number of benzene rings is 3. The van der Waals surface area contributed by atoms with Crippen LogP contribution in [0.4, 0.5) is 0 Å². The molecular weight excluding hydrogens is 482 g/mol. The third-order valence-corrected chi connectivity index (χ3v) is 7.22. The molecule has 5 N–H and O–H groups in total. The second kappa shape index (κ2) is 12.8. The van der Waals surface area contributed by atoms with Crippen LogP contribution in [0.15, 0.2) is 84.9 Å². The van der Waals surface area contributed by atoms with Crippen molar-refractivity contribution in [2.75, 3.05) is 13.1 Å². The van der Waals surface area contributed by atoms with Gasteiger partial charge in [0.05, 0.1) is 17.4 Å². The molecule has 2 atom stereocenters. The molecule has 202 valence electrons. The van der Waals surface area contributed by atoms with E-state index in [4.69, 9.17) is 0 Å². The van der Waals surface area contributed by atoms with Gasteiger partial charge in [0.1, 0.15) is 5.60 Å². The molecule has 0 amide bonds. The number of hydrogen-bond donors (Lipinski definition) is 5. The number of aliphatic hydroxyl groups excluding tert-OH is 1. The molecule has 0 heterocycles. The average molecular weight is 520 g/mol. The van der Waals surface area contributed by atoms with Crippen LogP contribution in [0.5, 0.6) is 0 Å². The first-order chi connectivity index (χ1) is 18.1. The maximum Gasteiger partial charge on any atom is 0.313 e. The molecular formula is C31H37NO6. The molecule has 2 unspecified atom stereocenters. The lowest BCUT2D eigenvalue weighted by Crippen LogP contribution is -2.42. The maximum absolute atomic E-state index is 12.3. The van der Waals surface area contributed by atoms with Gasteiger partial charge in [-0.1, -0.05) is 84.9 Å². The van der Waals surface area contributed by atoms with E-state index in [1.165, 1.54) is 0 Å². The van der Waals surface area contributed by atoms with Gasteiger partial charge in [-0.05, 0) is 68.5 Å². The summed E-state index contributed by atoms with van der Waals surface area (Å²) >= 11 is 0. The van der Waals surface area contributed by atoms with Crippen molar-refractivity contribution in [2.45, 2.75) is 50.2 Å². The zero-order valence-corrected chi connectivity index (χ0v) is 21.9. The minimum absolute atomic E-state index is 0.207. The Balaban J connectivity index is 1.56. The van der Waals surface area contributed by atoms with E-state index in [9.17, 15) is 30.0 Å². The first-order valence-corrected chi connectivity index (χ1v) is 12.9. The van der Waals surface area contributed by atoms with Crippen molar-refractivity contribution in [3.05, 3.63) is 107 Å². The summed E-state index contributed by atoms with van der Waals surface area (Å²) in [5.74, 6) is -3.06. The fourth-order valence-corrected chi connectivity index (χ4v) is 4.67. The Hall–Kier alpha value is -3.52. The van der Waals surface area contributed by atoms with Gasteiger partial charge in [-0.2, -0.15) is 0 Å². The Bertz CT molecular complexity index is 1140. The van der Waals surface area contributed by atoms with E-state index < -0.39 is 35.0 Å². The van der Waals surface area contributed by atoms with Crippen molar-refractivity contribution in [1.82, 2.24) is 5.32 Å². The van der Waals surface area contributed by atoms with Crippen LogP contribution in [0, 0.1) is 5.92 Å². The van der Waals surface area contributed by atoms with Gasteiger partial charge in [0.15, 0.2) is 0 Å². The molecule has 7 heteroatoms. The van der Waals surface area contributed by atoms with Gasteiger partial charge in [0, 0.05) is 0 Å². The Morgan fingerprint density at radius 2 is 1.29 bits per heavy atom. The van der Waals surface area contributed by atoms with Crippen molar-refractivity contribution in [2.24, 2.45) is 5.92 Å². The van der Waals surface area contributed by atoms with Gasteiger partial charge in [-0.15, -0.1) is 0 Å². The van der Waals surface area contributed by atoms with Crippen LogP contribution in [-0.2, 0) is 20.6 Å². The summed E-state index contributed by atoms with van der Waals surface area (Å²) in [5.41, 5.74) is -0.251. The molecule has 0 fully saturated rings. The fraction of sp³-hybridized carbons (Fsp3) is 0.355. The van der Waals surface area contributed by atoms with Gasteiger partial charge >= 0.3 is 11.9 Å². The van der Waals surface area contributed by atoms with E-state index in [0.717, 1.165) is 5.56 Å². The molecule has 38 heavy (non-hydrogen) atoms. The van der Waals surface area contributed by atoms with E-state index in [1.54, 1.807) is 86.6 Å². The number of nitrogens with one attached hydrogen (secondary N) is 1. The molecule has 0 bridgehead atoms. The molecule has 0 saturated heterocycles. The second-order valence-corrected chi connectivity index (χ2v) is 10.1. The second-order valence-electron chi connectivity index (χ2n) is 10.1. The Kier molecular flexibility index (Phi) is 9.80. The smallest absolute Gasteiger partial charge is 0.313 e. The van der Waals surface area contributed by atoms with Crippen LogP contribution in [0.25, 0.3) is 0 Å². The summed E-state index contributed by atoms with van der Waals surface area (Å²) in [4.78, 5) is 23.8. The fourth-order valence-electron chi connectivity index (χ4n) is 4.67. The predicted octanol–water partition coefficient (Wildman–Crippen LogP) is 4.48. The largest absolute Gasteiger partial charge is 0.481 e. The number of rotatable bonds is 14.